The van der Waals surface area contributed by atoms with E-state index in [1.807, 2.05) is 19.1 Å². The van der Waals surface area contributed by atoms with Gasteiger partial charge in [0.1, 0.15) is 11.4 Å². The van der Waals surface area contributed by atoms with Crippen molar-refractivity contribution in [1.82, 2.24) is 9.62 Å². The fourth-order valence-corrected chi connectivity index (χ4v) is 7.40. The maximum Gasteiger partial charge on any atom is 0.253 e. The SMILES string of the molecule is CC(=O)Nc1ccc(CCS(=O)(=O)N2CCC3(CC2)N=C(C2CCC(CCCF)CC2)NC3=O)c(C)c1. The van der Waals surface area contributed by atoms with Crippen LogP contribution in [0, 0.1) is 18.8 Å². The first-order valence-corrected chi connectivity index (χ1v) is 15.0. The summed E-state index contributed by atoms with van der Waals surface area (Å²) in [5, 5.41) is 5.76. The Hall–Kier alpha value is -2.33. The number of amides is 2. The highest BCUT2D eigenvalue weighted by molar-refractivity contribution is 7.89. The third kappa shape index (κ3) is 6.57. The molecule has 1 saturated heterocycles. The number of hydrogen-bond donors (Lipinski definition) is 2. The van der Waals surface area contributed by atoms with Crippen LogP contribution in [0.1, 0.15) is 69.4 Å². The van der Waals surface area contributed by atoms with Crippen LogP contribution in [0.15, 0.2) is 23.2 Å². The number of aryl methyl sites for hydroxylation is 2. The number of carbonyl (C=O) groups is 2. The average molecular weight is 535 g/mol. The molecule has 8 nitrogen and oxygen atoms in total. The Kier molecular flexibility index (Phi) is 8.68. The van der Waals surface area contributed by atoms with Gasteiger partial charge in [-0.2, -0.15) is 0 Å². The van der Waals surface area contributed by atoms with Crippen molar-refractivity contribution in [1.29, 1.82) is 0 Å². The molecule has 4 rings (SSSR count). The molecule has 0 aromatic heterocycles. The molecule has 2 N–H and O–H groups in total. The van der Waals surface area contributed by atoms with Crippen LogP contribution in [0.25, 0.3) is 0 Å². The van der Waals surface area contributed by atoms with Crippen LogP contribution in [0.3, 0.4) is 0 Å². The number of rotatable bonds is 9. The van der Waals surface area contributed by atoms with Crippen molar-refractivity contribution in [2.75, 3.05) is 30.8 Å². The van der Waals surface area contributed by atoms with Crippen LogP contribution in [0.4, 0.5) is 10.1 Å². The lowest BCUT2D eigenvalue weighted by molar-refractivity contribution is -0.125. The molecule has 204 valence electrons. The van der Waals surface area contributed by atoms with Gasteiger partial charge in [0.15, 0.2) is 0 Å². The summed E-state index contributed by atoms with van der Waals surface area (Å²) in [6.45, 7) is 3.65. The molecule has 1 aromatic rings. The highest BCUT2D eigenvalue weighted by Crippen LogP contribution is 2.37. The number of carbonyl (C=O) groups excluding carboxylic acids is 2. The molecule has 0 bridgehead atoms. The highest BCUT2D eigenvalue weighted by atomic mass is 32.2. The van der Waals surface area contributed by atoms with Gasteiger partial charge in [0.05, 0.1) is 12.4 Å². The summed E-state index contributed by atoms with van der Waals surface area (Å²) >= 11 is 0. The smallest absolute Gasteiger partial charge is 0.253 e. The molecule has 0 unspecified atom stereocenters. The third-order valence-corrected chi connectivity index (χ3v) is 10.1. The average Bonchev–Trinajstić information content (AvgIpc) is 3.17. The predicted molar refractivity (Wildman–Crippen MR) is 143 cm³/mol. The van der Waals surface area contributed by atoms with Gasteiger partial charge in [-0.15, -0.1) is 0 Å². The molecule has 1 spiro atoms. The summed E-state index contributed by atoms with van der Waals surface area (Å²) in [4.78, 5) is 29.1. The first-order valence-electron chi connectivity index (χ1n) is 13.4. The number of nitrogens with one attached hydrogen (secondary N) is 2. The van der Waals surface area contributed by atoms with Crippen molar-refractivity contribution in [2.24, 2.45) is 16.8 Å². The molecule has 2 amide bonds. The molecule has 1 aliphatic carbocycles. The molecule has 2 heterocycles. The molecule has 0 radical (unpaired) electrons. The van der Waals surface area contributed by atoms with Crippen LogP contribution in [-0.4, -0.2) is 61.4 Å². The van der Waals surface area contributed by atoms with Crippen LogP contribution in [-0.2, 0) is 26.0 Å². The molecule has 1 aromatic carbocycles. The van der Waals surface area contributed by atoms with Crippen LogP contribution in [0.5, 0.6) is 0 Å². The molecule has 2 fully saturated rings. The Morgan fingerprint density at radius 2 is 1.92 bits per heavy atom. The molecule has 3 aliphatic rings. The third-order valence-electron chi connectivity index (χ3n) is 8.21. The van der Waals surface area contributed by atoms with E-state index in [1.165, 1.54) is 11.2 Å². The zero-order valence-electron chi connectivity index (χ0n) is 21.9. The van der Waals surface area contributed by atoms with E-state index in [-0.39, 0.29) is 43.2 Å². The highest BCUT2D eigenvalue weighted by Gasteiger charge is 2.48. The monoisotopic (exact) mass is 534 g/mol. The van der Waals surface area contributed by atoms with E-state index < -0.39 is 15.6 Å². The lowest BCUT2D eigenvalue weighted by Crippen LogP contribution is -2.51. The van der Waals surface area contributed by atoms with Gasteiger partial charge >= 0.3 is 0 Å². The molecule has 2 aliphatic heterocycles. The molecular weight excluding hydrogens is 495 g/mol. The molecular formula is C27H39FN4O4S. The summed E-state index contributed by atoms with van der Waals surface area (Å²) in [6, 6.07) is 5.49. The summed E-state index contributed by atoms with van der Waals surface area (Å²) in [7, 11) is -3.48. The number of aliphatic imine (C=N–C) groups is 1. The van der Waals surface area contributed by atoms with E-state index >= 15 is 0 Å². The van der Waals surface area contributed by atoms with Crippen molar-refractivity contribution < 1.29 is 22.4 Å². The number of amidine groups is 1. The Balaban J connectivity index is 1.31. The Morgan fingerprint density at radius 3 is 2.54 bits per heavy atom. The maximum atomic E-state index is 13.1. The number of alkyl halides is 1. The van der Waals surface area contributed by atoms with E-state index in [0.717, 1.165) is 49.1 Å². The second-order valence-corrected chi connectivity index (χ2v) is 12.9. The zero-order chi connectivity index (χ0) is 26.6. The molecule has 37 heavy (non-hydrogen) atoms. The second-order valence-electron chi connectivity index (χ2n) is 10.8. The summed E-state index contributed by atoms with van der Waals surface area (Å²) in [5.41, 5.74) is 1.69. The Labute approximate surface area is 219 Å². The normalized spacial score (nSPS) is 24.1. The second kappa shape index (κ2) is 11.6. The standard InChI is InChI=1S/C27H39FN4O4S/c1-19-18-24(29-20(2)33)10-9-22(19)11-17-37(35,36)32-15-12-27(13-16-32)26(34)30-25(31-27)23-7-5-21(6-8-23)4-3-14-28/h9-10,18,21,23H,3-8,11-17H2,1-2H3,(H,29,33)(H,30,31,34). The van der Waals surface area contributed by atoms with Crippen LogP contribution >= 0.6 is 0 Å². The number of piperidine rings is 1. The topological polar surface area (TPSA) is 108 Å². The van der Waals surface area contributed by atoms with Crippen molar-refractivity contribution in [3.8, 4) is 0 Å². The summed E-state index contributed by atoms with van der Waals surface area (Å²) < 4.78 is 40.2. The van der Waals surface area contributed by atoms with E-state index in [2.05, 4.69) is 10.6 Å². The summed E-state index contributed by atoms with van der Waals surface area (Å²) in [6.07, 6.45) is 6.69. The largest absolute Gasteiger partial charge is 0.326 e. The minimum Gasteiger partial charge on any atom is -0.326 e. The minimum atomic E-state index is -3.48. The van der Waals surface area contributed by atoms with Crippen molar-refractivity contribution in [3.63, 3.8) is 0 Å². The zero-order valence-corrected chi connectivity index (χ0v) is 22.7. The van der Waals surface area contributed by atoms with E-state index in [9.17, 15) is 22.4 Å². The number of hydrogen-bond acceptors (Lipinski definition) is 5. The fraction of sp³-hybridized carbons (Fsp3) is 0.667. The van der Waals surface area contributed by atoms with Crippen LogP contribution in [0.2, 0.25) is 0 Å². The minimum absolute atomic E-state index is 0.00726. The fourth-order valence-electron chi connectivity index (χ4n) is 5.92. The molecule has 10 heteroatoms. The number of benzene rings is 1. The number of halogens is 1. The van der Waals surface area contributed by atoms with E-state index in [1.54, 1.807) is 6.07 Å². The van der Waals surface area contributed by atoms with Crippen molar-refractivity contribution in [2.45, 2.75) is 77.2 Å². The van der Waals surface area contributed by atoms with Crippen molar-refractivity contribution >= 4 is 33.4 Å². The van der Waals surface area contributed by atoms with Gasteiger partial charge in [0, 0.05) is 31.6 Å². The van der Waals surface area contributed by atoms with Gasteiger partial charge < -0.3 is 10.6 Å². The van der Waals surface area contributed by atoms with Gasteiger partial charge in [-0.3, -0.25) is 19.0 Å². The number of sulfonamides is 1. The Morgan fingerprint density at radius 1 is 1.22 bits per heavy atom. The quantitative estimate of drug-likeness (QED) is 0.503. The maximum absolute atomic E-state index is 13.1. The number of anilines is 1. The van der Waals surface area contributed by atoms with Crippen molar-refractivity contribution in [3.05, 3.63) is 29.3 Å². The van der Waals surface area contributed by atoms with Gasteiger partial charge in [-0.05, 0) is 93.9 Å². The molecule has 1 saturated carbocycles. The van der Waals surface area contributed by atoms with Gasteiger partial charge in [-0.25, -0.2) is 12.7 Å². The predicted octanol–water partition coefficient (Wildman–Crippen LogP) is 3.74. The number of nitrogens with zero attached hydrogens (tertiary/aromatic N) is 2. The molecule has 0 atom stereocenters. The summed E-state index contributed by atoms with van der Waals surface area (Å²) in [5.74, 6) is 1.30. The van der Waals surface area contributed by atoms with Crippen LogP contribution < -0.4 is 10.6 Å². The lowest BCUT2D eigenvalue weighted by Gasteiger charge is -2.34. The van der Waals surface area contributed by atoms with Gasteiger partial charge in [0.2, 0.25) is 15.9 Å². The first kappa shape index (κ1) is 27.7. The van der Waals surface area contributed by atoms with E-state index in [0.29, 0.717) is 37.3 Å². The Bertz CT molecular complexity index is 1140. The van der Waals surface area contributed by atoms with Gasteiger partial charge in [-0.1, -0.05) is 6.07 Å². The van der Waals surface area contributed by atoms with E-state index in [4.69, 9.17) is 4.99 Å². The van der Waals surface area contributed by atoms with Gasteiger partial charge in [0.25, 0.3) is 5.91 Å². The lowest BCUT2D eigenvalue weighted by atomic mass is 9.79. The first-order chi connectivity index (χ1) is 17.6.